The first kappa shape index (κ1) is 20.1. The molecule has 0 fully saturated rings. The maximum absolute atomic E-state index is 11.6. The van der Waals surface area contributed by atoms with Gasteiger partial charge in [-0.15, -0.1) is 0 Å². The molecule has 0 N–H and O–H groups in total. The van der Waals surface area contributed by atoms with Crippen LogP contribution in [0.25, 0.3) is 0 Å². The lowest BCUT2D eigenvalue weighted by atomic mass is 10.0. The Morgan fingerprint density at radius 1 is 0.773 bits per heavy atom. The zero-order chi connectivity index (χ0) is 17.3. The normalized spacial score (nSPS) is 10.5. The topological polar surface area (TPSA) is 69.7 Å². The van der Waals surface area contributed by atoms with Gasteiger partial charge in [0.25, 0.3) is 0 Å². The second-order valence-corrected chi connectivity index (χ2v) is 6.10. The van der Waals surface area contributed by atoms with Gasteiger partial charge in [-0.25, -0.2) is 14.4 Å². The Labute approximate surface area is 132 Å². The van der Waals surface area contributed by atoms with E-state index in [2.05, 4.69) is 22.6 Å². The molecule has 124 valence electrons. The zero-order valence-electron chi connectivity index (χ0n) is 13.9. The highest BCUT2D eigenvalue weighted by Crippen LogP contribution is 2.13. The van der Waals surface area contributed by atoms with Gasteiger partial charge in [-0.2, -0.15) is 0 Å². The number of hydrogen-bond acceptors (Lipinski definition) is 5. The lowest BCUT2D eigenvalue weighted by molar-refractivity contribution is -0.141. The van der Waals surface area contributed by atoms with Crippen molar-refractivity contribution in [1.82, 2.24) is 0 Å². The molecule has 0 spiro atoms. The monoisotopic (exact) mass is 310 g/mol. The molecule has 0 aromatic heterocycles. The van der Waals surface area contributed by atoms with Crippen LogP contribution in [0.4, 0.5) is 4.79 Å². The minimum absolute atomic E-state index is 0.178. The average molecular weight is 310 g/mol. The summed E-state index contributed by atoms with van der Waals surface area (Å²) in [5.74, 6) is -0.929. The number of rotatable bonds is 8. The first-order chi connectivity index (χ1) is 10.1. The van der Waals surface area contributed by atoms with Crippen LogP contribution < -0.4 is 0 Å². The Hall–Kier alpha value is -1.91. The highest BCUT2D eigenvalue weighted by atomic mass is 16.8. The number of esters is 2. The molecule has 0 aromatic rings. The Kier molecular flexibility index (Phi) is 9.06. The van der Waals surface area contributed by atoms with Gasteiger partial charge in [0.15, 0.2) is 0 Å². The van der Waals surface area contributed by atoms with Crippen LogP contribution in [0.3, 0.4) is 0 Å². The average Bonchev–Trinajstić information content (AvgIpc) is 2.41. The summed E-state index contributed by atoms with van der Waals surface area (Å²) in [5.41, 5.74) is 0.355. The van der Waals surface area contributed by atoms with Crippen molar-refractivity contribution in [3.05, 3.63) is 24.3 Å². The van der Waals surface area contributed by atoms with Crippen molar-refractivity contribution >= 4 is 18.1 Å². The molecule has 0 aliphatic heterocycles. The first-order valence-electron chi connectivity index (χ1n) is 7.47. The van der Waals surface area contributed by atoms with Gasteiger partial charge in [0, 0.05) is 11.1 Å². The minimum atomic E-state index is -1.34. The van der Waals surface area contributed by atoms with Gasteiger partial charge in [-0.05, 0) is 37.5 Å². The van der Waals surface area contributed by atoms with Gasteiger partial charge in [-0.1, -0.05) is 40.9 Å². The molecule has 0 heterocycles. The summed E-state index contributed by atoms with van der Waals surface area (Å²) in [6.45, 7) is 15.1. The van der Waals surface area contributed by atoms with Crippen LogP contribution in [-0.4, -0.2) is 18.1 Å². The number of ether oxygens (including phenoxy) is 2. The molecule has 0 amide bonds. The summed E-state index contributed by atoms with van der Waals surface area (Å²) in [6, 6.07) is 0. The molecule has 0 saturated heterocycles. The SMILES string of the molecule is C=C(CCC(C)C)C(=O)OC(=O)OC(=O)C(=C)CCC(C)C. The molecule has 22 heavy (non-hydrogen) atoms. The van der Waals surface area contributed by atoms with Gasteiger partial charge in [-0.3, -0.25) is 0 Å². The molecule has 5 nitrogen and oxygen atoms in total. The molecular weight excluding hydrogens is 284 g/mol. The van der Waals surface area contributed by atoms with Crippen LogP contribution in [-0.2, 0) is 19.1 Å². The van der Waals surface area contributed by atoms with E-state index in [1.807, 2.05) is 27.7 Å². The summed E-state index contributed by atoms with van der Waals surface area (Å²) in [5, 5.41) is 0. The fourth-order valence-electron chi connectivity index (χ4n) is 1.45. The van der Waals surface area contributed by atoms with E-state index in [9.17, 15) is 14.4 Å². The molecule has 0 aliphatic rings. The van der Waals surface area contributed by atoms with E-state index in [0.29, 0.717) is 24.7 Å². The molecule has 0 aliphatic carbocycles. The van der Waals surface area contributed by atoms with Crippen molar-refractivity contribution in [2.75, 3.05) is 0 Å². The van der Waals surface area contributed by atoms with E-state index in [1.165, 1.54) is 0 Å². The maximum Gasteiger partial charge on any atom is 0.524 e. The van der Waals surface area contributed by atoms with Gasteiger partial charge < -0.3 is 9.47 Å². The van der Waals surface area contributed by atoms with Crippen LogP contribution in [0.15, 0.2) is 24.3 Å². The first-order valence-corrected chi connectivity index (χ1v) is 7.47. The summed E-state index contributed by atoms with van der Waals surface area (Å²) < 4.78 is 8.86. The van der Waals surface area contributed by atoms with E-state index in [-0.39, 0.29) is 11.1 Å². The van der Waals surface area contributed by atoms with Crippen molar-refractivity contribution < 1.29 is 23.9 Å². The van der Waals surface area contributed by atoms with Crippen LogP contribution in [0.2, 0.25) is 0 Å². The summed E-state index contributed by atoms with van der Waals surface area (Å²) in [4.78, 5) is 34.5. The highest BCUT2D eigenvalue weighted by molar-refractivity contribution is 5.99. The van der Waals surface area contributed by atoms with Crippen LogP contribution in [0.1, 0.15) is 53.4 Å². The summed E-state index contributed by atoms with van der Waals surface area (Å²) in [7, 11) is 0. The smallest absolute Gasteiger partial charge is 0.356 e. The molecule has 5 heteroatoms. The lowest BCUT2D eigenvalue weighted by Gasteiger charge is -2.08. The Morgan fingerprint density at radius 2 is 1.09 bits per heavy atom. The van der Waals surface area contributed by atoms with Gasteiger partial charge in [0.1, 0.15) is 0 Å². The summed E-state index contributed by atoms with van der Waals surface area (Å²) >= 11 is 0. The second-order valence-electron chi connectivity index (χ2n) is 6.10. The van der Waals surface area contributed by atoms with Gasteiger partial charge in [0.05, 0.1) is 0 Å². The van der Waals surface area contributed by atoms with Crippen molar-refractivity contribution in [3.8, 4) is 0 Å². The second kappa shape index (κ2) is 9.92. The fourth-order valence-corrected chi connectivity index (χ4v) is 1.45. The minimum Gasteiger partial charge on any atom is -0.356 e. The Bertz CT molecular complexity index is 406. The number of carbonyl (C=O) groups excluding carboxylic acids is 3. The third kappa shape index (κ3) is 9.10. The molecule has 0 unspecified atom stereocenters. The predicted molar refractivity (Wildman–Crippen MR) is 84.0 cm³/mol. The number of carbonyl (C=O) groups is 3. The van der Waals surface area contributed by atoms with Crippen molar-refractivity contribution in [2.24, 2.45) is 11.8 Å². The van der Waals surface area contributed by atoms with Crippen molar-refractivity contribution in [1.29, 1.82) is 0 Å². The number of hydrogen-bond donors (Lipinski definition) is 0. The lowest BCUT2D eigenvalue weighted by Crippen LogP contribution is -2.19. The Morgan fingerprint density at radius 3 is 1.36 bits per heavy atom. The van der Waals surface area contributed by atoms with Gasteiger partial charge in [0.2, 0.25) is 0 Å². The molecule has 0 radical (unpaired) electrons. The fraction of sp³-hybridized carbons (Fsp3) is 0.588. The largest absolute Gasteiger partial charge is 0.524 e. The van der Waals surface area contributed by atoms with Crippen LogP contribution in [0, 0.1) is 11.8 Å². The molecule has 0 saturated carbocycles. The third-order valence-electron chi connectivity index (χ3n) is 2.98. The molecule has 0 aromatic carbocycles. The highest BCUT2D eigenvalue weighted by Gasteiger charge is 2.20. The van der Waals surface area contributed by atoms with Crippen LogP contribution >= 0.6 is 0 Å². The zero-order valence-corrected chi connectivity index (χ0v) is 13.9. The molecular formula is C17H26O5. The van der Waals surface area contributed by atoms with E-state index in [4.69, 9.17) is 0 Å². The maximum atomic E-state index is 11.6. The van der Waals surface area contributed by atoms with E-state index < -0.39 is 18.1 Å². The van der Waals surface area contributed by atoms with Crippen molar-refractivity contribution in [2.45, 2.75) is 53.4 Å². The van der Waals surface area contributed by atoms with E-state index >= 15 is 0 Å². The molecule has 0 bridgehead atoms. The van der Waals surface area contributed by atoms with Crippen LogP contribution in [0.5, 0.6) is 0 Å². The Balaban J connectivity index is 4.21. The van der Waals surface area contributed by atoms with E-state index in [1.54, 1.807) is 0 Å². The standard InChI is InChI=1S/C17H26O5/c1-11(2)7-9-13(5)15(18)21-17(20)22-16(19)14(6)10-8-12(3)4/h11-12H,5-10H2,1-4H3. The van der Waals surface area contributed by atoms with E-state index in [0.717, 1.165) is 12.8 Å². The van der Waals surface area contributed by atoms with Crippen molar-refractivity contribution in [3.63, 3.8) is 0 Å². The summed E-state index contributed by atoms with van der Waals surface area (Å²) in [6.07, 6.45) is 1.03. The predicted octanol–water partition coefficient (Wildman–Crippen LogP) is 4.18. The van der Waals surface area contributed by atoms with Gasteiger partial charge >= 0.3 is 18.1 Å². The molecule has 0 atom stereocenters. The quantitative estimate of drug-likeness (QED) is 0.382. The third-order valence-corrected chi connectivity index (χ3v) is 2.98. The molecule has 0 rings (SSSR count).